The Morgan fingerprint density at radius 2 is 1.72 bits per heavy atom. The molecule has 0 unspecified atom stereocenters. The van der Waals surface area contributed by atoms with Crippen LogP contribution in [-0.2, 0) is 6.61 Å². The van der Waals surface area contributed by atoms with Crippen LogP contribution in [0, 0.1) is 13.8 Å². The lowest BCUT2D eigenvalue weighted by Gasteiger charge is -2.06. The predicted octanol–water partition coefficient (Wildman–Crippen LogP) is 4.95. The highest BCUT2D eigenvalue weighted by Crippen LogP contribution is 2.25. The minimum atomic E-state index is 0.477. The molecule has 0 aliphatic rings. The van der Waals surface area contributed by atoms with Crippen LogP contribution >= 0.6 is 11.3 Å². The first-order valence-electron chi connectivity index (χ1n) is 8.07. The number of ether oxygens (including phenoxy) is 1. The Hall–Kier alpha value is -2.79. The molecule has 2 heterocycles. The Bertz CT molecular complexity index is 971. The van der Waals surface area contributed by atoms with Crippen molar-refractivity contribution in [1.82, 2.24) is 15.0 Å². The van der Waals surface area contributed by atoms with Crippen LogP contribution in [0.5, 0.6) is 5.75 Å². The molecule has 0 aliphatic heterocycles. The van der Waals surface area contributed by atoms with Gasteiger partial charge in [0.2, 0.25) is 0 Å². The van der Waals surface area contributed by atoms with E-state index in [1.54, 1.807) is 11.3 Å². The fraction of sp³-hybridized carbons (Fsp3) is 0.150. The quantitative estimate of drug-likeness (QED) is 0.524. The van der Waals surface area contributed by atoms with E-state index in [1.165, 1.54) is 4.70 Å². The molecule has 2 aromatic carbocycles. The van der Waals surface area contributed by atoms with Crippen molar-refractivity contribution in [2.75, 3.05) is 0 Å². The number of fused-ring (bicyclic) bond motifs is 1. The number of para-hydroxylation sites is 1. The van der Waals surface area contributed by atoms with E-state index < -0.39 is 0 Å². The molecule has 0 spiro atoms. The Kier molecular flexibility index (Phi) is 4.15. The zero-order valence-electron chi connectivity index (χ0n) is 14.1. The Balaban J connectivity index is 1.48. The molecule has 0 amide bonds. The molecule has 25 heavy (non-hydrogen) atoms. The number of benzene rings is 2. The van der Waals surface area contributed by atoms with Crippen molar-refractivity contribution >= 4 is 21.6 Å². The summed E-state index contributed by atoms with van der Waals surface area (Å²) in [4.78, 5) is 13.4. The Morgan fingerprint density at radius 3 is 2.48 bits per heavy atom. The SMILES string of the molecule is Cc1cc(-c2ccc(OCc3nc4ccccc4s3)cc2)nc(C)n1. The molecule has 0 radical (unpaired) electrons. The molecule has 0 N–H and O–H groups in total. The molecule has 4 nitrogen and oxygen atoms in total. The van der Waals surface area contributed by atoms with Crippen LogP contribution in [0.2, 0.25) is 0 Å². The standard InChI is InChI=1S/C20H17N3OS/c1-13-11-18(22-14(2)21-13)15-7-9-16(10-8-15)24-12-20-23-17-5-3-4-6-19(17)25-20/h3-11H,12H2,1-2H3. The van der Waals surface area contributed by atoms with Crippen LogP contribution in [-0.4, -0.2) is 15.0 Å². The Labute approximate surface area is 150 Å². The number of nitrogens with zero attached hydrogens (tertiary/aromatic N) is 3. The van der Waals surface area contributed by atoms with Crippen LogP contribution in [0.4, 0.5) is 0 Å². The van der Waals surface area contributed by atoms with Gasteiger partial charge in [-0.2, -0.15) is 0 Å². The molecule has 5 heteroatoms. The van der Waals surface area contributed by atoms with Crippen LogP contribution < -0.4 is 4.74 Å². The molecule has 4 aromatic rings. The molecule has 0 bridgehead atoms. The second-order valence-corrected chi connectivity index (χ2v) is 6.95. The third kappa shape index (κ3) is 3.51. The van der Waals surface area contributed by atoms with Crippen molar-refractivity contribution in [3.8, 4) is 17.0 Å². The predicted molar refractivity (Wildman–Crippen MR) is 101 cm³/mol. The highest BCUT2D eigenvalue weighted by Gasteiger charge is 2.06. The smallest absolute Gasteiger partial charge is 0.140 e. The summed E-state index contributed by atoms with van der Waals surface area (Å²) in [6, 6.07) is 18.1. The molecule has 0 fully saturated rings. The number of thiazole rings is 1. The molecule has 124 valence electrons. The second-order valence-electron chi connectivity index (χ2n) is 5.83. The first-order valence-corrected chi connectivity index (χ1v) is 8.89. The van der Waals surface area contributed by atoms with E-state index in [1.807, 2.05) is 62.4 Å². The van der Waals surface area contributed by atoms with Crippen molar-refractivity contribution in [2.24, 2.45) is 0 Å². The van der Waals surface area contributed by atoms with Gasteiger partial charge in [-0.05, 0) is 56.3 Å². The fourth-order valence-corrected chi connectivity index (χ4v) is 3.59. The van der Waals surface area contributed by atoms with Gasteiger partial charge in [-0.15, -0.1) is 11.3 Å². The molecule has 2 aromatic heterocycles. The van der Waals surface area contributed by atoms with Gasteiger partial charge in [0.15, 0.2) is 0 Å². The maximum Gasteiger partial charge on any atom is 0.140 e. The van der Waals surface area contributed by atoms with E-state index in [2.05, 4.69) is 21.0 Å². The molecular formula is C20H17N3OS. The fourth-order valence-electron chi connectivity index (χ4n) is 2.71. The number of aryl methyl sites for hydroxylation is 2. The van der Waals surface area contributed by atoms with Gasteiger partial charge in [0.1, 0.15) is 23.2 Å². The highest BCUT2D eigenvalue weighted by atomic mass is 32.1. The first-order chi connectivity index (χ1) is 12.2. The molecule has 0 atom stereocenters. The van der Waals surface area contributed by atoms with Crippen LogP contribution in [0.3, 0.4) is 0 Å². The van der Waals surface area contributed by atoms with Gasteiger partial charge in [-0.3, -0.25) is 0 Å². The maximum atomic E-state index is 5.88. The minimum Gasteiger partial charge on any atom is -0.486 e. The van der Waals surface area contributed by atoms with Crippen molar-refractivity contribution < 1.29 is 4.74 Å². The molecule has 0 saturated heterocycles. The lowest BCUT2D eigenvalue weighted by molar-refractivity contribution is 0.306. The lowest BCUT2D eigenvalue weighted by atomic mass is 10.1. The van der Waals surface area contributed by atoms with Crippen LogP contribution in [0.15, 0.2) is 54.6 Å². The van der Waals surface area contributed by atoms with Gasteiger partial charge in [-0.1, -0.05) is 12.1 Å². The molecule has 4 rings (SSSR count). The van der Waals surface area contributed by atoms with E-state index in [-0.39, 0.29) is 0 Å². The summed E-state index contributed by atoms with van der Waals surface area (Å²) in [6.45, 7) is 4.37. The van der Waals surface area contributed by atoms with Crippen molar-refractivity contribution in [2.45, 2.75) is 20.5 Å². The number of rotatable bonds is 4. The van der Waals surface area contributed by atoms with Crippen molar-refractivity contribution in [1.29, 1.82) is 0 Å². The van der Waals surface area contributed by atoms with E-state index in [0.29, 0.717) is 6.61 Å². The van der Waals surface area contributed by atoms with Crippen molar-refractivity contribution in [3.05, 3.63) is 71.1 Å². The van der Waals surface area contributed by atoms with Gasteiger partial charge >= 0.3 is 0 Å². The third-order valence-electron chi connectivity index (χ3n) is 3.82. The topological polar surface area (TPSA) is 47.9 Å². The second kappa shape index (κ2) is 6.61. The first kappa shape index (κ1) is 15.7. The molecular weight excluding hydrogens is 330 g/mol. The maximum absolute atomic E-state index is 5.88. The Morgan fingerprint density at radius 1 is 0.920 bits per heavy atom. The van der Waals surface area contributed by atoms with E-state index in [0.717, 1.165) is 39.0 Å². The van der Waals surface area contributed by atoms with Gasteiger partial charge in [0, 0.05) is 11.3 Å². The molecule has 0 aliphatic carbocycles. The van der Waals surface area contributed by atoms with E-state index >= 15 is 0 Å². The average Bonchev–Trinajstić information content (AvgIpc) is 3.02. The number of hydrogen-bond acceptors (Lipinski definition) is 5. The number of hydrogen-bond donors (Lipinski definition) is 0. The summed E-state index contributed by atoms with van der Waals surface area (Å²) in [5.74, 6) is 1.61. The van der Waals surface area contributed by atoms with Gasteiger partial charge in [-0.25, -0.2) is 15.0 Å². The van der Waals surface area contributed by atoms with E-state index in [4.69, 9.17) is 4.74 Å². The molecule has 0 saturated carbocycles. The summed E-state index contributed by atoms with van der Waals surface area (Å²) < 4.78 is 7.06. The summed E-state index contributed by atoms with van der Waals surface area (Å²) in [5.41, 5.74) is 3.98. The van der Waals surface area contributed by atoms with Crippen molar-refractivity contribution in [3.63, 3.8) is 0 Å². The lowest BCUT2D eigenvalue weighted by Crippen LogP contribution is -1.95. The van der Waals surface area contributed by atoms with Crippen LogP contribution in [0.1, 0.15) is 16.5 Å². The summed E-state index contributed by atoms with van der Waals surface area (Å²) >= 11 is 1.67. The van der Waals surface area contributed by atoms with Gasteiger partial charge < -0.3 is 4.74 Å². The normalized spacial score (nSPS) is 11.0. The van der Waals surface area contributed by atoms with Gasteiger partial charge in [0.25, 0.3) is 0 Å². The average molecular weight is 347 g/mol. The summed E-state index contributed by atoms with van der Waals surface area (Å²) in [7, 11) is 0. The zero-order valence-corrected chi connectivity index (χ0v) is 14.9. The summed E-state index contributed by atoms with van der Waals surface area (Å²) in [5, 5.41) is 0.979. The number of aromatic nitrogens is 3. The van der Waals surface area contributed by atoms with E-state index in [9.17, 15) is 0 Å². The van der Waals surface area contributed by atoms with Crippen LogP contribution in [0.25, 0.3) is 21.5 Å². The monoisotopic (exact) mass is 347 g/mol. The third-order valence-corrected chi connectivity index (χ3v) is 4.83. The zero-order chi connectivity index (χ0) is 17.2. The summed E-state index contributed by atoms with van der Waals surface area (Å²) in [6.07, 6.45) is 0. The van der Waals surface area contributed by atoms with Gasteiger partial charge in [0.05, 0.1) is 15.9 Å². The largest absolute Gasteiger partial charge is 0.486 e. The minimum absolute atomic E-state index is 0.477. The highest BCUT2D eigenvalue weighted by molar-refractivity contribution is 7.18.